The van der Waals surface area contributed by atoms with E-state index in [9.17, 15) is 37.0 Å². The van der Waals surface area contributed by atoms with Crippen LogP contribution in [0.3, 0.4) is 0 Å². The van der Waals surface area contributed by atoms with Gasteiger partial charge in [-0.3, -0.25) is 18.3 Å². The van der Waals surface area contributed by atoms with Crippen molar-refractivity contribution in [3.05, 3.63) is 447 Å². The van der Waals surface area contributed by atoms with Crippen LogP contribution < -0.4 is 41.5 Å². The summed E-state index contributed by atoms with van der Waals surface area (Å²) in [5.74, 6) is -5.06. The molecule has 0 bridgehead atoms. The Hall–Kier alpha value is -15.6. The van der Waals surface area contributed by atoms with Crippen LogP contribution in [-0.4, -0.2) is 64.3 Å². The molecule has 0 aliphatic rings. The van der Waals surface area contributed by atoms with E-state index in [-0.39, 0.29) is 38.1 Å². The molecular weight excluding hydrogens is 1490 g/mol. The second-order valence-corrected chi connectivity index (χ2v) is 33.3. The van der Waals surface area contributed by atoms with E-state index in [0.717, 1.165) is 9.13 Å². The molecule has 0 aliphatic heterocycles. The van der Waals surface area contributed by atoms with Gasteiger partial charge in [0, 0.05) is 54.2 Å². The molecule has 0 N–H and O–H groups in total. The molecule has 0 saturated carbocycles. The summed E-state index contributed by atoms with van der Waals surface area (Å²) in [6, 6.07) is -33.4. The third-order valence-corrected chi connectivity index (χ3v) is 28.5. The highest BCUT2D eigenvalue weighted by atomic mass is 28.3. The Morgan fingerprint density at radius 1 is 0.183 bits per heavy atom. The minimum Gasteiger partial charge on any atom is -0.278 e. The SMILES string of the molecule is [2H]c1c([2H])c([2H])c([Si](c2ccccc2)(c2ccccc2)c2cccc(-c3nc(-n4c5c([2H])c([2H])c([2H])c([2H])c5c5c([2H])c([2H])c([2H])c([2H])c54)nc(-n4c5c([2H])c([2H])c([2H])c([2H])c5c5c([2H])c([2H])c([2H])c([2H])c54)n3)c2)c([2H])c1[2H].[2H]c1cc([Si](c2c([2H])c([2H])c([2H])c([2H])c2[2H])(c2c([2H])c([2H])c([2H])c(-c3nc(-n4c5c([2H])c([2H])c([2H])c([2H])c5c5c([2H])c([2H])c([2H])c([2H])c54)nc(-n4c5c([2H])c([2H])c([2H])c([2H])c5c5c([2H])c([2H])c([2H])c([2H])c54)n3)c2[2H])c2c([2H])c([2H])c([2H])c(-c3c([2H])c([2H])c([2H])c([2H])c3[2H])c2[2H])c([2H])c([2H])c1[2H]. The average molecular weight is 1630 g/mol. The standard InChI is InChI=1S/C57H39N5Si.C51H35N5Si/c1-4-20-40(21-5-1)41-22-18-28-45(38-41)63(43-24-6-2-7-25-43,44-26-8-3-9-27-44)46-29-19-23-42(39-46)55-58-56(61-51-34-14-10-30-47(51)48-31-11-15-35-52(48)61)60-57(59-55)62-53-36-16-12-32-49(53)50-33-13-17-37-54(50)62;1-4-20-37(21-5-1)57(38-22-6-2-7-23-38,39-24-8-3-9-25-39)40-26-18-19-36(35-40)49-52-50(55-45-31-14-10-27-41(45)42-28-11-15-32-46(42)55)54-51(53-49)56-47-33-16-12-29-43(47)44-30-13-17-34-48(44)56/h1-39H;1-35H/i1D,2D,3D,4D,5D,6D,7D,8D,9D,10D,11D,12D,13D,14D,15D,16D,17D,18D,19D,20D,21D,22D,23D,24D,25D,26D,28D,29D,30D,31D,32D,33D,34D,35D,36D,37D,38D,39D;1D,4D,5D,10D,11D,12D,13D,14D,15D,16D,17D,20D,21D,27D,28D,29D,30D,31D,32D,33D,34D. The van der Waals surface area contributed by atoms with E-state index in [4.69, 9.17) is 58.8 Å². The van der Waals surface area contributed by atoms with E-state index in [0.29, 0.717) is 30.8 Å². The maximum absolute atomic E-state index is 10.8. The molecule has 1 unspecified atom stereocenters. The van der Waals surface area contributed by atoms with Gasteiger partial charge in [-0.25, -0.2) is 0 Å². The Kier molecular flexibility index (Phi) is 8.18. The van der Waals surface area contributed by atoms with Gasteiger partial charge in [0.05, 0.1) is 125 Å². The second kappa shape index (κ2) is 29.9. The fraction of sp³-hybridized carbons (Fsp3) is 0. The third kappa shape index (κ3) is 11.8. The molecule has 6 heterocycles. The van der Waals surface area contributed by atoms with Gasteiger partial charge in [0.2, 0.25) is 23.8 Å². The zero-order chi connectivity index (χ0) is 131. The van der Waals surface area contributed by atoms with Crippen LogP contribution in [-0.2, 0) is 0 Å². The van der Waals surface area contributed by atoms with Crippen molar-refractivity contribution in [3.8, 4) is 57.7 Å². The minimum atomic E-state index is -6.71. The number of nitrogens with zero attached hydrogens (tertiary/aromatic N) is 10. The van der Waals surface area contributed by atoms with E-state index in [1.165, 1.54) is 0 Å². The monoisotopic (exact) mass is 1630 g/mol. The molecule has 10 nitrogen and oxygen atoms in total. The molecule has 0 aliphatic carbocycles. The lowest BCUT2D eigenvalue weighted by Crippen LogP contribution is -2.74. The number of fused-ring (bicyclic) bond motifs is 12. The van der Waals surface area contributed by atoms with Crippen molar-refractivity contribution in [2.24, 2.45) is 0 Å². The Bertz CT molecular complexity index is 10900. The van der Waals surface area contributed by atoms with Crippen molar-refractivity contribution in [1.29, 1.82) is 0 Å². The van der Waals surface area contributed by atoms with Gasteiger partial charge in [0.15, 0.2) is 27.8 Å². The first-order valence-corrected chi connectivity index (χ1v) is 39.8. The molecule has 1 atom stereocenters. The largest absolute Gasteiger partial charge is 0.278 e. The Balaban J connectivity index is 0.000000201. The predicted molar refractivity (Wildman–Crippen MR) is 501 cm³/mol. The number of benzene rings is 17. The lowest BCUT2D eigenvalue weighted by molar-refractivity contribution is 0.892. The minimum absolute atomic E-state index is 0.00201. The van der Waals surface area contributed by atoms with Crippen molar-refractivity contribution in [1.82, 2.24) is 48.2 Å². The molecular formula is C108H74N10Si2. The van der Waals surface area contributed by atoms with Crippen LogP contribution in [0.4, 0.5) is 0 Å². The van der Waals surface area contributed by atoms with Gasteiger partial charge in [0.25, 0.3) is 0 Å². The summed E-state index contributed by atoms with van der Waals surface area (Å²) in [5.41, 5.74) is -8.12. The summed E-state index contributed by atoms with van der Waals surface area (Å²) in [6.07, 6.45) is 0. The topological polar surface area (TPSA) is 97.1 Å². The molecule has 6 aromatic heterocycles. The highest BCUT2D eigenvalue weighted by Crippen LogP contribution is 2.38. The Morgan fingerprint density at radius 3 is 0.833 bits per heavy atom. The third-order valence-electron chi connectivity index (χ3n) is 19.8. The molecule has 23 rings (SSSR count). The van der Waals surface area contributed by atoms with Gasteiger partial charge < -0.3 is 0 Å². The molecule has 564 valence electrons. The average Bonchev–Trinajstić information content (AvgIpc) is 1.67. The molecule has 12 heteroatoms. The maximum atomic E-state index is 10.8. The Morgan fingerprint density at radius 2 is 0.458 bits per heavy atom. The summed E-state index contributed by atoms with van der Waals surface area (Å²) in [6.45, 7) is 0. The Labute approximate surface area is 777 Å². The zero-order valence-electron chi connectivity index (χ0n) is 120. The predicted octanol–water partition coefficient (Wildman–Crippen LogP) is 19.9. The number of hydrogen-bond acceptors (Lipinski definition) is 6. The fourth-order valence-corrected chi connectivity index (χ4v) is 23.0. The first-order valence-electron chi connectivity index (χ1n) is 65.3. The fourth-order valence-electron chi connectivity index (χ4n) is 14.8. The van der Waals surface area contributed by atoms with Gasteiger partial charge >= 0.3 is 0 Å². The van der Waals surface area contributed by atoms with Crippen molar-refractivity contribution < 1.29 is 80.9 Å². The van der Waals surface area contributed by atoms with Crippen LogP contribution in [0.15, 0.2) is 447 Å². The van der Waals surface area contributed by atoms with E-state index in [2.05, 4.69) is 15.0 Å². The van der Waals surface area contributed by atoms with Crippen LogP contribution in [0.2, 0.25) is 0 Å². The maximum Gasteiger partial charge on any atom is 0.240 e. The molecule has 0 amide bonds. The van der Waals surface area contributed by atoms with E-state index in [1.54, 1.807) is 84.9 Å². The van der Waals surface area contributed by atoms with Crippen molar-refractivity contribution in [2.75, 3.05) is 0 Å². The normalized spacial score (nSPS) is 19.1. The van der Waals surface area contributed by atoms with Crippen LogP contribution in [0.25, 0.3) is 145 Å². The highest BCUT2D eigenvalue weighted by molar-refractivity contribution is 7.20. The highest BCUT2D eigenvalue weighted by Gasteiger charge is 2.44. The van der Waals surface area contributed by atoms with Gasteiger partial charge in [-0.15, -0.1) is 0 Å². The second-order valence-electron chi connectivity index (χ2n) is 26.0. The van der Waals surface area contributed by atoms with Crippen LogP contribution in [0.1, 0.15) is 80.9 Å². The van der Waals surface area contributed by atoms with Crippen LogP contribution >= 0.6 is 0 Å². The summed E-state index contributed by atoms with van der Waals surface area (Å²) >= 11 is 0. The lowest BCUT2D eigenvalue weighted by atomic mass is 10.1. The van der Waals surface area contributed by atoms with E-state index >= 15 is 0 Å². The van der Waals surface area contributed by atoms with Gasteiger partial charge in [-0.05, 0) is 101 Å². The summed E-state index contributed by atoms with van der Waals surface area (Å²) in [5, 5.41) is -7.33. The van der Waals surface area contributed by atoms with Crippen molar-refractivity contribution in [3.63, 3.8) is 0 Å². The van der Waals surface area contributed by atoms with Crippen LogP contribution in [0.5, 0.6) is 0 Å². The molecule has 0 fully saturated rings. The summed E-state index contributed by atoms with van der Waals surface area (Å²) in [4.78, 5) is 28.3. The molecule has 17 aromatic carbocycles. The summed E-state index contributed by atoms with van der Waals surface area (Å²) < 4.78 is 544. The molecule has 0 spiro atoms. The molecule has 0 radical (unpaired) electrons. The van der Waals surface area contributed by atoms with Gasteiger partial charge in [-0.2, -0.15) is 29.9 Å². The smallest absolute Gasteiger partial charge is 0.240 e. The van der Waals surface area contributed by atoms with E-state index in [1.807, 2.05) is 0 Å². The van der Waals surface area contributed by atoms with Gasteiger partial charge in [0.1, 0.15) is 0 Å². The van der Waals surface area contributed by atoms with E-state index < -0.39 is 505 Å². The lowest BCUT2D eigenvalue weighted by Gasteiger charge is -2.35. The molecule has 23 aromatic rings. The quantitative estimate of drug-likeness (QED) is 0.0749. The number of para-hydroxylation sites is 8. The first kappa shape index (κ1) is 32.8. The number of rotatable bonds is 15. The number of hydrogen-bond donors (Lipinski definition) is 0. The summed E-state index contributed by atoms with van der Waals surface area (Å²) in [7, 11) is -10.8. The van der Waals surface area contributed by atoms with Gasteiger partial charge in [-0.1, -0.05) is 399 Å². The van der Waals surface area contributed by atoms with Crippen molar-refractivity contribution in [2.45, 2.75) is 0 Å². The zero-order valence-corrected chi connectivity index (χ0v) is 62.6. The van der Waals surface area contributed by atoms with Crippen molar-refractivity contribution >= 4 is 145 Å². The molecule has 120 heavy (non-hydrogen) atoms. The first-order chi connectivity index (χ1) is 84.0. The number of aromatic nitrogens is 10. The van der Waals surface area contributed by atoms with Crippen LogP contribution in [0, 0.1) is 0 Å². The molecule has 0 saturated heterocycles.